The average molecular weight is 201 g/mol. The molecule has 0 unspecified atom stereocenters. The van der Waals surface area contributed by atoms with Gasteiger partial charge in [0.25, 0.3) is 0 Å². The van der Waals surface area contributed by atoms with Crippen LogP contribution < -0.4 is 16.4 Å². The molecule has 0 radical (unpaired) electrons. The van der Waals surface area contributed by atoms with Gasteiger partial charge in [-0.05, 0) is 6.42 Å². The van der Waals surface area contributed by atoms with Gasteiger partial charge >= 0.3 is 0 Å². The number of nitrogens with one attached hydrogen (secondary N) is 2. The summed E-state index contributed by atoms with van der Waals surface area (Å²) in [5, 5.41) is 4.61. The maximum atomic E-state index is 11.1. The van der Waals surface area contributed by atoms with E-state index in [-0.39, 0.29) is 6.54 Å². The fourth-order valence-electron chi connectivity index (χ4n) is 0.954. The predicted molar refractivity (Wildman–Crippen MR) is 50.1 cm³/mol. The zero-order chi connectivity index (χ0) is 11.0. The van der Waals surface area contributed by atoms with Gasteiger partial charge in [-0.2, -0.15) is 0 Å². The van der Waals surface area contributed by atoms with E-state index in [1.165, 1.54) is 0 Å². The molecule has 0 aromatic heterocycles. The normalized spacial score (nSPS) is 11.5. The topological polar surface area (TPSA) is 101 Å². The molecule has 0 saturated carbocycles. The van der Waals surface area contributed by atoms with E-state index in [2.05, 4.69) is 10.6 Å². The number of nitrogens with two attached hydrogens (primary N) is 1. The first kappa shape index (κ1) is 12.4. The molecule has 0 rings (SSSR count). The molecular weight excluding hydrogens is 186 g/mol. The summed E-state index contributed by atoms with van der Waals surface area (Å²) in [5.74, 6) is -0.986. The van der Waals surface area contributed by atoms with Gasteiger partial charge in [0.1, 0.15) is 6.04 Å². The molecule has 0 aromatic rings. The van der Waals surface area contributed by atoms with E-state index in [1.807, 2.05) is 6.92 Å². The molecule has 6 heteroatoms. The van der Waals surface area contributed by atoms with Crippen LogP contribution in [0, 0.1) is 0 Å². The monoisotopic (exact) mass is 201 g/mol. The summed E-state index contributed by atoms with van der Waals surface area (Å²) in [5.41, 5.74) is 5.06. The summed E-state index contributed by atoms with van der Waals surface area (Å²) >= 11 is 0. The van der Waals surface area contributed by atoms with Crippen molar-refractivity contribution >= 4 is 18.2 Å². The lowest BCUT2D eigenvalue weighted by Crippen LogP contribution is -2.47. The lowest BCUT2D eigenvalue weighted by Gasteiger charge is -2.13. The van der Waals surface area contributed by atoms with Crippen LogP contribution in [0.25, 0.3) is 0 Å². The molecule has 0 aliphatic rings. The van der Waals surface area contributed by atoms with Crippen molar-refractivity contribution in [3.05, 3.63) is 0 Å². The summed E-state index contributed by atoms with van der Waals surface area (Å²) in [6.07, 6.45) is 1.66. The van der Waals surface area contributed by atoms with Gasteiger partial charge < -0.3 is 16.4 Å². The maximum Gasteiger partial charge on any atom is 0.240 e. The summed E-state index contributed by atoms with van der Waals surface area (Å²) in [4.78, 5) is 31.7. The molecule has 14 heavy (non-hydrogen) atoms. The smallest absolute Gasteiger partial charge is 0.240 e. The number of hydrogen-bond donors (Lipinski definition) is 3. The van der Waals surface area contributed by atoms with Crippen LogP contribution in [0.15, 0.2) is 0 Å². The second-order valence-corrected chi connectivity index (χ2v) is 2.81. The molecule has 6 nitrogen and oxygen atoms in total. The van der Waals surface area contributed by atoms with Crippen LogP contribution in [-0.2, 0) is 14.4 Å². The van der Waals surface area contributed by atoms with Crippen molar-refractivity contribution in [1.29, 1.82) is 0 Å². The molecule has 0 aliphatic carbocycles. The van der Waals surface area contributed by atoms with E-state index in [0.717, 1.165) is 6.42 Å². The Hall–Kier alpha value is -1.59. The number of hydrogen-bond acceptors (Lipinski definition) is 3. The first-order valence-corrected chi connectivity index (χ1v) is 4.37. The van der Waals surface area contributed by atoms with Crippen LogP contribution in [0.2, 0.25) is 0 Å². The zero-order valence-corrected chi connectivity index (χ0v) is 8.08. The fraction of sp³-hybridized carbons (Fsp3) is 0.625. The number of carbonyl (C=O) groups is 3. The van der Waals surface area contributed by atoms with Crippen molar-refractivity contribution in [3.8, 4) is 0 Å². The Kier molecular flexibility index (Phi) is 6.09. The van der Waals surface area contributed by atoms with Gasteiger partial charge in [0.2, 0.25) is 18.2 Å². The van der Waals surface area contributed by atoms with Gasteiger partial charge in [-0.3, -0.25) is 14.4 Å². The van der Waals surface area contributed by atoms with Crippen molar-refractivity contribution in [2.24, 2.45) is 5.73 Å². The highest BCUT2D eigenvalue weighted by Gasteiger charge is 2.15. The lowest BCUT2D eigenvalue weighted by atomic mass is 10.1. The molecule has 3 amide bonds. The van der Waals surface area contributed by atoms with Crippen molar-refractivity contribution in [2.45, 2.75) is 25.8 Å². The Morgan fingerprint density at radius 3 is 2.57 bits per heavy atom. The number of amides is 3. The Morgan fingerprint density at radius 1 is 1.50 bits per heavy atom. The SMILES string of the molecule is CCC[C@H](NC(=O)CNC=O)C(N)=O. The van der Waals surface area contributed by atoms with Crippen LogP contribution in [0.5, 0.6) is 0 Å². The van der Waals surface area contributed by atoms with Crippen LogP contribution in [0.3, 0.4) is 0 Å². The van der Waals surface area contributed by atoms with E-state index in [1.54, 1.807) is 0 Å². The molecule has 1 atom stereocenters. The fourth-order valence-corrected chi connectivity index (χ4v) is 0.954. The average Bonchev–Trinajstić information content (AvgIpc) is 2.14. The maximum absolute atomic E-state index is 11.1. The second-order valence-electron chi connectivity index (χ2n) is 2.81. The Bertz CT molecular complexity index is 218. The van der Waals surface area contributed by atoms with Crippen LogP contribution in [0.4, 0.5) is 0 Å². The van der Waals surface area contributed by atoms with Crippen LogP contribution in [0.1, 0.15) is 19.8 Å². The van der Waals surface area contributed by atoms with Crippen molar-refractivity contribution in [2.75, 3.05) is 6.54 Å². The molecule has 0 heterocycles. The number of rotatable bonds is 7. The van der Waals surface area contributed by atoms with E-state index >= 15 is 0 Å². The summed E-state index contributed by atoms with van der Waals surface area (Å²) in [7, 11) is 0. The van der Waals surface area contributed by atoms with Crippen molar-refractivity contribution < 1.29 is 14.4 Å². The van der Waals surface area contributed by atoms with E-state index in [4.69, 9.17) is 5.73 Å². The summed E-state index contributed by atoms with van der Waals surface area (Å²) in [6.45, 7) is 1.74. The Labute approximate surface area is 82.2 Å². The second kappa shape index (κ2) is 6.88. The molecule has 0 spiro atoms. The molecule has 0 aliphatic heterocycles. The predicted octanol–water partition coefficient (Wildman–Crippen LogP) is -1.50. The molecule has 0 fully saturated rings. The molecule has 0 aromatic carbocycles. The highest BCUT2D eigenvalue weighted by atomic mass is 16.2. The number of carbonyl (C=O) groups excluding carboxylic acids is 3. The quantitative estimate of drug-likeness (QED) is 0.437. The minimum atomic E-state index is -0.652. The molecular formula is C8H15N3O3. The highest BCUT2D eigenvalue weighted by molar-refractivity contribution is 5.87. The van der Waals surface area contributed by atoms with E-state index in [9.17, 15) is 14.4 Å². The molecule has 0 bridgehead atoms. The Morgan fingerprint density at radius 2 is 2.14 bits per heavy atom. The van der Waals surface area contributed by atoms with E-state index < -0.39 is 17.9 Å². The zero-order valence-electron chi connectivity index (χ0n) is 8.08. The molecule has 4 N–H and O–H groups in total. The highest BCUT2D eigenvalue weighted by Crippen LogP contribution is 1.94. The first-order chi connectivity index (χ1) is 6.61. The van der Waals surface area contributed by atoms with Gasteiger partial charge in [-0.1, -0.05) is 13.3 Å². The van der Waals surface area contributed by atoms with Crippen LogP contribution in [-0.4, -0.2) is 30.8 Å². The first-order valence-electron chi connectivity index (χ1n) is 4.37. The van der Waals surface area contributed by atoms with Gasteiger partial charge in [-0.15, -0.1) is 0 Å². The Balaban J connectivity index is 3.95. The summed E-state index contributed by atoms with van der Waals surface area (Å²) in [6, 6.07) is -0.652. The molecule has 80 valence electrons. The third kappa shape index (κ3) is 5.13. The van der Waals surface area contributed by atoms with Crippen molar-refractivity contribution in [1.82, 2.24) is 10.6 Å². The largest absolute Gasteiger partial charge is 0.368 e. The van der Waals surface area contributed by atoms with Gasteiger partial charge in [0.15, 0.2) is 0 Å². The van der Waals surface area contributed by atoms with Gasteiger partial charge in [0.05, 0.1) is 6.54 Å². The minimum Gasteiger partial charge on any atom is -0.368 e. The van der Waals surface area contributed by atoms with Crippen LogP contribution >= 0.6 is 0 Å². The van der Waals surface area contributed by atoms with Gasteiger partial charge in [-0.25, -0.2) is 0 Å². The van der Waals surface area contributed by atoms with Crippen molar-refractivity contribution in [3.63, 3.8) is 0 Å². The van der Waals surface area contributed by atoms with Gasteiger partial charge in [0, 0.05) is 0 Å². The third-order valence-electron chi connectivity index (χ3n) is 1.60. The number of primary amides is 1. The molecule has 0 saturated heterocycles. The standard InChI is InChI=1S/C8H15N3O3/c1-2-3-6(8(9)14)11-7(13)4-10-5-12/h5-6H,2-4H2,1H3,(H2,9,14)(H,10,12)(H,11,13)/t6-/m0/s1. The minimum absolute atomic E-state index is 0.142. The third-order valence-corrected chi connectivity index (χ3v) is 1.60. The van der Waals surface area contributed by atoms with E-state index in [0.29, 0.717) is 12.8 Å². The lowest BCUT2D eigenvalue weighted by molar-refractivity contribution is -0.127. The summed E-state index contributed by atoms with van der Waals surface area (Å²) < 4.78 is 0.